The SMILES string of the molecule is [C-]#[N+]c1cc(C)nc(C(=O)Nc2ccnc(F)c2)c1. The molecular weight excluding hydrogens is 247 g/mol. The number of halogens is 1. The van der Waals surface area contributed by atoms with Crippen LogP contribution in [0.15, 0.2) is 30.5 Å². The van der Waals surface area contributed by atoms with E-state index >= 15 is 0 Å². The van der Waals surface area contributed by atoms with Crippen LogP contribution < -0.4 is 5.32 Å². The Morgan fingerprint density at radius 3 is 2.89 bits per heavy atom. The van der Waals surface area contributed by atoms with Crippen LogP contribution in [0, 0.1) is 19.4 Å². The zero-order valence-corrected chi connectivity index (χ0v) is 10.0. The highest BCUT2D eigenvalue weighted by Crippen LogP contribution is 2.16. The first kappa shape index (κ1) is 12.6. The van der Waals surface area contributed by atoms with Gasteiger partial charge in [0.05, 0.1) is 6.57 Å². The first-order valence-electron chi connectivity index (χ1n) is 5.37. The minimum atomic E-state index is -0.683. The maximum atomic E-state index is 12.9. The van der Waals surface area contributed by atoms with E-state index in [1.807, 2.05) is 0 Å². The van der Waals surface area contributed by atoms with Crippen molar-refractivity contribution in [2.75, 3.05) is 5.32 Å². The molecule has 0 atom stereocenters. The van der Waals surface area contributed by atoms with Crippen LogP contribution in [0.3, 0.4) is 0 Å². The normalized spacial score (nSPS) is 9.74. The molecule has 2 aromatic rings. The van der Waals surface area contributed by atoms with Gasteiger partial charge in [0.2, 0.25) is 5.95 Å². The van der Waals surface area contributed by atoms with Crippen LogP contribution in [0.25, 0.3) is 4.85 Å². The zero-order valence-electron chi connectivity index (χ0n) is 10.0. The molecule has 1 N–H and O–H groups in total. The second-order valence-corrected chi connectivity index (χ2v) is 3.79. The standard InChI is InChI=1S/C13H9FN4O/c1-8-5-10(15-2)6-11(17-8)13(19)18-9-3-4-16-12(14)7-9/h3-7H,1H3,(H,16,18,19). The number of nitrogens with one attached hydrogen (secondary N) is 1. The number of anilines is 1. The highest BCUT2D eigenvalue weighted by molar-refractivity contribution is 6.03. The van der Waals surface area contributed by atoms with Gasteiger partial charge in [0.25, 0.3) is 5.91 Å². The molecule has 2 aromatic heterocycles. The average Bonchev–Trinajstić information content (AvgIpc) is 2.38. The van der Waals surface area contributed by atoms with E-state index in [9.17, 15) is 9.18 Å². The summed E-state index contributed by atoms with van der Waals surface area (Å²) in [4.78, 5) is 22.6. The van der Waals surface area contributed by atoms with Crippen LogP contribution in [-0.2, 0) is 0 Å². The third-order valence-corrected chi connectivity index (χ3v) is 2.28. The smallest absolute Gasteiger partial charge is 0.272 e. The van der Waals surface area contributed by atoms with Crippen LogP contribution >= 0.6 is 0 Å². The highest BCUT2D eigenvalue weighted by Gasteiger charge is 2.10. The van der Waals surface area contributed by atoms with Gasteiger partial charge in [-0.3, -0.25) is 9.78 Å². The Hall–Kier alpha value is -2.81. The van der Waals surface area contributed by atoms with Crippen LogP contribution in [0.5, 0.6) is 0 Å². The average molecular weight is 256 g/mol. The molecule has 0 aromatic carbocycles. The van der Waals surface area contributed by atoms with E-state index in [0.717, 1.165) is 6.07 Å². The second kappa shape index (κ2) is 5.23. The maximum absolute atomic E-state index is 12.9. The maximum Gasteiger partial charge on any atom is 0.272 e. The summed E-state index contributed by atoms with van der Waals surface area (Å²) in [5, 5.41) is 2.49. The number of carbonyl (C=O) groups is 1. The van der Waals surface area contributed by atoms with Crippen LogP contribution in [0.1, 0.15) is 16.2 Å². The Morgan fingerprint density at radius 2 is 2.21 bits per heavy atom. The van der Waals surface area contributed by atoms with E-state index in [4.69, 9.17) is 6.57 Å². The van der Waals surface area contributed by atoms with Crippen LogP contribution in [-0.4, -0.2) is 15.9 Å². The third kappa shape index (κ3) is 3.10. The van der Waals surface area contributed by atoms with Gasteiger partial charge in [0, 0.05) is 23.6 Å². The largest absolute Gasteiger partial charge is 0.320 e. The summed E-state index contributed by atoms with van der Waals surface area (Å²) in [5.41, 5.74) is 1.30. The molecule has 2 heterocycles. The van der Waals surface area contributed by atoms with Crippen molar-refractivity contribution in [3.05, 3.63) is 59.2 Å². The molecule has 0 unspecified atom stereocenters. The summed E-state index contributed by atoms with van der Waals surface area (Å²) < 4.78 is 12.9. The lowest BCUT2D eigenvalue weighted by Crippen LogP contribution is -2.14. The lowest BCUT2D eigenvalue weighted by atomic mass is 10.2. The molecule has 6 heteroatoms. The lowest BCUT2D eigenvalue weighted by Gasteiger charge is -2.05. The molecule has 0 aliphatic heterocycles. The number of hydrogen-bond acceptors (Lipinski definition) is 3. The fraction of sp³-hybridized carbons (Fsp3) is 0.0769. The van der Waals surface area contributed by atoms with Crippen molar-refractivity contribution in [1.82, 2.24) is 9.97 Å². The van der Waals surface area contributed by atoms with Crippen molar-refractivity contribution < 1.29 is 9.18 Å². The molecule has 5 nitrogen and oxygen atoms in total. The minimum absolute atomic E-state index is 0.114. The van der Waals surface area contributed by atoms with Gasteiger partial charge in [0.15, 0.2) is 5.69 Å². The van der Waals surface area contributed by atoms with Gasteiger partial charge in [0.1, 0.15) is 5.69 Å². The topological polar surface area (TPSA) is 59.2 Å². The van der Waals surface area contributed by atoms with E-state index in [1.54, 1.807) is 13.0 Å². The molecule has 0 bridgehead atoms. The fourth-order valence-electron chi connectivity index (χ4n) is 1.51. The number of aromatic nitrogens is 2. The Balaban J connectivity index is 2.25. The van der Waals surface area contributed by atoms with E-state index < -0.39 is 11.9 Å². The molecule has 0 saturated heterocycles. The Kier molecular flexibility index (Phi) is 3.48. The number of pyridine rings is 2. The molecular formula is C13H9FN4O. The third-order valence-electron chi connectivity index (χ3n) is 2.28. The van der Waals surface area contributed by atoms with Gasteiger partial charge in [-0.15, -0.1) is 0 Å². The first-order valence-corrected chi connectivity index (χ1v) is 5.37. The molecule has 1 amide bonds. The quantitative estimate of drug-likeness (QED) is 0.664. The number of aryl methyl sites for hydroxylation is 1. The van der Waals surface area contributed by atoms with Gasteiger partial charge < -0.3 is 5.32 Å². The molecule has 94 valence electrons. The van der Waals surface area contributed by atoms with Gasteiger partial charge in [-0.25, -0.2) is 9.83 Å². The number of rotatable bonds is 2. The number of hydrogen-bond donors (Lipinski definition) is 1. The molecule has 2 rings (SSSR count). The van der Waals surface area contributed by atoms with Gasteiger partial charge >= 0.3 is 0 Å². The van der Waals surface area contributed by atoms with E-state index in [1.165, 1.54) is 18.3 Å². The predicted octanol–water partition coefficient (Wildman–Crippen LogP) is 2.73. The number of nitrogens with zero attached hydrogens (tertiary/aromatic N) is 3. The summed E-state index contributed by atoms with van der Waals surface area (Å²) in [6, 6.07) is 5.53. The zero-order chi connectivity index (χ0) is 13.8. The molecule has 0 fully saturated rings. The minimum Gasteiger partial charge on any atom is -0.320 e. The molecule has 0 saturated carbocycles. The Labute approximate surface area is 109 Å². The van der Waals surface area contributed by atoms with Crippen molar-refractivity contribution in [3.63, 3.8) is 0 Å². The molecule has 0 aliphatic carbocycles. The van der Waals surface area contributed by atoms with Crippen molar-refractivity contribution in [3.8, 4) is 0 Å². The summed E-state index contributed by atoms with van der Waals surface area (Å²) >= 11 is 0. The Bertz CT molecular complexity index is 679. The summed E-state index contributed by atoms with van der Waals surface area (Å²) in [6.07, 6.45) is 1.25. The van der Waals surface area contributed by atoms with E-state index in [2.05, 4.69) is 20.1 Å². The fourth-order valence-corrected chi connectivity index (χ4v) is 1.51. The number of carbonyl (C=O) groups excluding carboxylic acids is 1. The predicted molar refractivity (Wildman–Crippen MR) is 67.4 cm³/mol. The van der Waals surface area contributed by atoms with Crippen molar-refractivity contribution >= 4 is 17.3 Å². The van der Waals surface area contributed by atoms with Crippen molar-refractivity contribution in [1.29, 1.82) is 0 Å². The highest BCUT2D eigenvalue weighted by atomic mass is 19.1. The van der Waals surface area contributed by atoms with Gasteiger partial charge in [-0.2, -0.15) is 4.39 Å². The van der Waals surface area contributed by atoms with Gasteiger partial charge in [-0.1, -0.05) is 0 Å². The van der Waals surface area contributed by atoms with E-state index in [-0.39, 0.29) is 11.4 Å². The van der Waals surface area contributed by atoms with Crippen molar-refractivity contribution in [2.45, 2.75) is 6.92 Å². The van der Waals surface area contributed by atoms with Crippen LogP contribution in [0.2, 0.25) is 0 Å². The monoisotopic (exact) mass is 256 g/mol. The van der Waals surface area contributed by atoms with Gasteiger partial charge in [-0.05, 0) is 25.1 Å². The molecule has 19 heavy (non-hydrogen) atoms. The summed E-state index contributed by atoms with van der Waals surface area (Å²) in [5.74, 6) is -1.18. The Morgan fingerprint density at radius 1 is 1.42 bits per heavy atom. The number of amides is 1. The first-order chi connectivity index (χ1) is 9.08. The molecule has 0 radical (unpaired) electrons. The molecule has 0 aliphatic rings. The summed E-state index contributed by atoms with van der Waals surface area (Å²) in [6.45, 7) is 8.63. The van der Waals surface area contributed by atoms with E-state index in [0.29, 0.717) is 11.4 Å². The van der Waals surface area contributed by atoms with Crippen molar-refractivity contribution in [2.24, 2.45) is 0 Å². The molecule has 0 spiro atoms. The van der Waals surface area contributed by atoms with Crippen LogP contribution in [0.4, 0.5) is 15.8 Å². The second-order valence-electron chi connectivity index (χ2n) is 3.79. The summed E-state index contributed by atoms with van der Waals surface area (Å²) in [7, 11) is 0. The lowest BCUT2D eigenvalue weighted by molar-refractivity contribution is 0.102.